The van der Waals surface area contributed by atoms with Crippen molar-refractivity contribution in [3.63, 3.8) is 0 Å². The number of pyridine rings is 1. The Morgan fingerprint density at radius 2 is 1.88 bits per heavy atom. The summed E-state index contributed by atoms with van der Waals surface area (Å²) in [5.41, 5.74) is 2.88. The Labute approximate surface area is 158 Å². The molecule has 5 nitrogen and oxygen atoms in total. The monoisotopic (exact) mass is 371 g/mol. The fourth-order valence-corrected chi connectivity index (χ4v) is 3.66. The van der Waals surface area contributed by atoms with Crippen molar-refractivity contribution in [2.24, 2.45) is 0 Å². The number of hydrogen-bond acceptors (Lipinski definition) is 4. The van der Waals surface area contributed by atoms with E-state index in [1.165, 1.54) is 0 Å². The van der Waals surface area contributed by atoms with Crippen LogP contribution in [0.25, 0.3) is 16.8 Å². The highest BCUT2D eigenvalue weighted by Crippen LogP contribution is 2.30. The van der Waals surface area contributed by atoms with E-state index >= 15 is 0 Å². The molecule has 3 aromatic rings. The summed E-state index contributed by atoms with van der Waals surface area (Å²) in [5, 5.41) is 2.69. The molecule has 136 valence electrons. The van der Waals surface area contributed by atoms with Crippen LogP contribution in [0.1, 0.15) is 19.8 Å². The number of hydrogen-bond donors (Lipinski definition) is 0. The first-order valence-corrected chi connectivity index (χ1v) is 9.39. The molecule has 0 unspecified atom stereocenters. The molecule has 4 rings (SSSR count). The number of hydroxylamine groups is 2. The second kappa shape index (κ2) is 7.66. The summed E-state index contributed by atoms with van der Waals surface area (Å²) < 4.78 is 8.01. The van der Waals surface area contributed by atoms with E-state index in [9.17, 15) is 0 Å². The summed E-state index contributed by atoms with van der Waals surface area (Å²) >= 11 is 6.53. The number of ether oxygens (including phenoxy) is 1. The lowest BCUT2D eigenvalue weighted by atomic mass is 10.1. The molecule has 0 bridgehead atoms. The van der Waals surface area contributed by atoms with Gasteiger partial charge in [-0.15, -0.1) is 0 Å². The number of imidazole rings is 1. The normalized spacial score (nSPS) is 16.2. The topological polar surface area (TPSA) is 39.0 Å². The van der Waals surface area contributed by atoms with Crippen LogP contribution < -0.4 is 4.74 Å². The molecule has 1 fully saturated rings. The Hall–Kier alpha value is -2.08. The minimum atomic E-state index is 0.239. The van der Waals surface area contributed by atoms with Gasteiger partial charge >= 0.3 is 0 Å². The van der Waals surface area contributed by atoms with Crippen molar-refractivity contribution in [3.8, 4) is 16.9 Å². The quantitative estimate of drug-likeness (QED) is 0.621. The summed E-state index contributed by atoms with van der Waals surface area (Å²) in [5.74, 6) is 0.892. The molecule has 1 aliphatic rings. The molecule has 0 spiro atoms. The number of aromatic nitrogens is 2. The van der Waals surface area contributed by atoms with Crippen molar-refractivity contribution in [3.05, 3.63) is 53.9 Å². The van der Waals surface area contributed by atoms with Crippen molar-refractivity contribution in [2.75, 3.05) is 19.7 Å². The molecule has 0 atom stereocenters. The molecule has 2 aromatic heterocycles. The predicted octanol–water partition coefficient (Wildman–Crippen LogP) is 4.45. The van der Waals surface area contributed by atoms with Crippen LogP contribution in [-0.4, -0.2) is 40.2 Å². The van der Waals surface area contributed by atoms with Crippen molar-refractivity contribution in [1.29, 1.82) is 0 Å². The van der Waals surface area contributed by atoms with Gasteiger partial charge in [0.2, 0.25) is 0 Å². The summed E-state index contributed by atoms with van der Waals surface area (Å²) in [7, 11) is 0. The minimum Gasteiger partial charge on any atom is -0.490 e. The molecule has 1 aromatic carbocycles. The lowest BCUT2D eigenvalue weighted by Crippen LogP contribution is -2.38. The van der Waals surface area contributed by atoms with Gasteiger partial charge in [0, 0.05) is 31.0 Å². The largest absolute Gasteiger partial charge is 0.490 e. The maximum absolute atomic E-state index is 6.53. The molecule has 0 amide bonds. The third kappa shape index (κ3) is 3.56. The van der Waals surface area contributed by atoms with Gasteiger partial charge in [0.1, 0.15) is 22.7 Å². The van der Waals surface area contributed by atoms with Gasteiger partial charge in [0.05, 0.1) is 6.61 Å². The zero-order valence-corrected chi connectivity index (χ0v) is 15.5. The first kappa shape index (κ1) is 17.3. The zero-order valence-electron chi connectivity index (χ0n) is 14.8. The highest BCUT2D eigenvalue weighted by molar-refractivity contribution is 6.32. The molecule has 26 heavy (non-hydrogen) atoms. The third-order valence-corrected chi connectivity index (χ3v) is 5.07. The van der Waals surface area contributed by atoms with Gasteiger partial charge in [-0.05, 0) is 49.6 Å². The lowest BCUT2D eigenvalue weighted by Gasteiger charge is -2.31. The van der Waals surface area contributed by atoms with Gasteiger partial charge in [-0.3, -0.25) is 9.24 Å². The summed E-state index contributed by atoms with van der Waals surface area (Å²) in [6.45, 7) is 4.57. The predicted molar refractivity (Wildman–Crippen MR) is 102 cm³/mol. The molecular formula is C20H22ClN3O2. The van der Waals surface area contributed by atoms with Gasteiger partial charge < -0.3 is 4.74 Å². The maximum Gasteiger partial charge on any atom is 0.137 e. The SMILES string of the molecule is CCON1CCC(Oc2ccc(-c3ccc4nccn4c3Cl)cc2)CC1. The van der Waals surface area contributed by atoms with E-state index in [4.69, 9.17) is 21.2 Å². The number of halogens is 1. The smallest absolute Gasteiger partial charge is 0.137 e. The average Bonchev–Trinajstić information content (AvgIpc) is 3.15. The fourth-order valence-electron chi connectivity index (χ4n) is 3.34. The van der Waals surface area contributed by atoms with Crippen molar-refractivity contribution < 1.29 is 9.57 Å². The molecule has 0 N–H and O–H groups in total. The molecule has 0 radical (unpaired) electrons. The second-order valence-electron chi connectivity index (χ2n) is 6.38. The molecule has 0 aliphatic carbocycles. The molecular weight excluding hydrogens is 350 g/mol. The maximum atomic E-state index is 6.53. The van der Waals surface area contributed by atoms with E-state index in [1.807, 2.05) is 46.8 Å². The second-order valence-corrected chi connectivity index (χ2v) is 6.74. The van der Waals surface area contributed by atoms with E-state index in [2.05, 4.69) is 17.1 Å². The number of rotatable bonds is 5. The third-order valence-electron chi connectivity index (χ3n) is 4.68. The number of fused-ring (bicyclic) bond motifs is 1. The van der Waals surface area contributed by atoms with Crippen molar-refractivity contribution in [2.45, 2.75) is 25.9 Å². The Morgan fingerprint density at radius 1 is 1.12 bits per heavy atom. The molecule has 1 saturated heterocycles. The van der Waals surface area contributed by atoms with Gasteiger partial charge in [0.25, 0.3) is 0 Å². The van der Waals surface area contributed by atoms with Crippen LogP contribution in [0.5, 0.6) is 5.75 Å². The first-order valence-electron chi connectivity index (χ1n) is 9.01. The van der Waals surface area contributed by atoms with Gasteiger partial charge in [-0.2, -0.15) is 5.06 Å². The Bertz CT molecular complexity index is 870. The highest BCUT2D eigenvalue weighted by Gasteiger charge is 2.20. The number of piperidine rings is 1. The van der Waals surface area contributed by atoms with E-state index < -0.39 is 0 Å². The molecule has 6 heteroatoms. The van der Waals surface area contributed by atoms with Crippen LogP contribution in [0.15, 0.2) is 48.8 Å². The Kier molecular flexibility index (Phi) is 5.11. The minimum absolute atomic E-state index is 0.239. The van der Waals surface area contributed by atoms with E-state index in [-0.39, 0.29) is 6.10 Å². The van der Waals surface area contributed by atoms with Crippen LogP contribution in [0.3, 0.4) is 0 Å². The lowest BCUT2D eigenvalue weighted by molar-refractivity contribution is -0.173. The fraction of sp³-hybridized carbons (Fsp3) is 0.350. The van der Waals surface area contributed by atoms with Gasteiger partial charge in [0.15, 0.2) is 0 Å². The van der Waals surface area contributed by atoms with Crippen molar-refractivity contribution >= 4 is 17.2 Å². The highest BCUT2D eigenvalue weighted by atomic mass is 35.5. The summed E-state index contributed by atoms with van der Waals surface area (Å²) in [4.78, 5) is 9.80. The van der Waals surface area contributed by atoms with Crippen LogP contribution in [0.4, 0.5) is 0 Å². The number of benzene rings is 1. The van der Waals surface area contributed by atoms with Crippen LogP contribution in [0.2, 0.25) is 5.15 Å². The average molecular weight is 372 g/mol. The number of nitrogens with zero attached hydrogens (tertiary/aromatic N) is 3. The van der Waals surface area contributed by atoms with Crippen LogP contribution in [0, 0.1) is 0 Å². The molecule has 1 aliphatic heterocycles. The van der Waals surface area contributed by atoms with Crippen molar-refractivity contribution in [1.82, 2.24) is 14.4 Å². The van der Waals surface area contributed by atoms with E-state index in [1.54, 1.807) is 6.20 Å². The van der Waals surface area contributed by atoms with E-state index in [0.29, 0.717) is 5.15 Å². The summed E-state index contributed by atoms with van der Waals surface area (Å²) in [6, 6.07) is 12.1. The van der Waals surface area contributed by atoms with Crippen LogP contribution in [-0.2, 0) is 4.84 Å². The zero-order chi connectivity index (χ0) is 17.9. The van der Waals surface area contributed by atoms with Gasteiger partial charge in [-0.25, -0.2) is 4.98 Å². The van der Waals surface area contributed by atoms with E-state index in [0.717, 1.165) is 55.1 Å². The molecule has 0 saturated carbocycles. The summed E-state index contributed by atoms with van der Waals surface area (Å²) in [6.07, 6.45) is 5.81. The Balaban J connectivity index is 1.44. The Morgan fingerprint density at radius 3 is 2.62 bits per heavy atom. The molecule has 3 heterocycles. The van der Waals surface area contributed by atoms with Gasteiger partial charge in [-0.1, -0.05) is 23.7 Å². The first-order chi connectivity index (χ1) is 12.7. The standard InChI is InChI=1S/C20H22ClN3O2/c1-2-25-23-12-9-17(10-13-23)26-16-5-3-15(4-6-16)18-7-8-19-22-11-14-24(19)20(18)21/h3-8,11,14,17H,2,9-10,12-13H2,1H3. The van der Waals surface area contributed by atoms with Crippen LogP contribution >= 0.6 is 11.6 Å².